The molecule has 0 aliphatic carbocycles. The van der Waals surface area contributed by atoms with Crippen LogP contribution in [0.1, 0.15) is 23.7 Å². The van der Waals surface area contributed by atoms with Gasteiger partial charge in [0, 0.05) is 13.1 Å². The SMILES string of the molecule is COC(=O)c1ccccc1N1CCCNCC(C)C1. The molecule has 104 valence electrons. The Bertz CT molecular complexity index is 434. The summed E-state index contributed by atoms with van der Waals surface area (Å²) in [6, 6.07) is 7.70. The van der Waals surface area contributed by atoms with Crippen molar-refractivity contribution in [1.29, 1.82) is 0 Å². The lowest BCUT2D eigenvalue weighted by Gasteiger charge is -2.31. The highest BCUT2D eigenvalue weighted by Gasteiger charge is 2.19. The van der Waals surface area contributed by atoms with Crippen LogP contribution in [0.15, 0.2) is 24.3 Å². The lowest BCUT2D eigenvalue weighted by Crippen LogP contribution is -2.39. The van der Waals surface area contributed by atoms with E-state index in [1.807, 2.05) is 24.3 Å². The van der Waals surface area contributed by atoms with Gasteiger partial charge in [-0.1, -0.05) is 19.1 Å². The maximum Gasteiger partial charge on any atom is 0.339 e. The first kappa shape index (κ1) is 13.9. The number of hydrogen-bond donors (Lipinski definition) is 1. The van der Waals surface area contributed by atoms with E-state index in [0.717, 1.165) is 38.3 Å². The van der Waals surface area contributed by atoms with Gasteiger partial charge in [0.2, 0.25) is 0 Å². The van der Waals surface area contributed by atoms with Crippen molar-refractivity contribution in [1.82, 2.24) is 5.32 Å². The average molecular weight is 262 g/mol. The highest BCUT2D eigenvalue weighted by atomic mass is 16.5. The van der Waals surface area contributed by atoms with Gasteiger partial charge in [0.25, 0.3) is 0 Å². The molecule has 4 heteroatoms. The van der Waals surface area contributed by atoms with E-state index in [0.29, 0.717) is 11.5 Å². The molecule has 19 heavy (non-hydrogen) atoms. The third kappa shape index (κ3) is 3.47. The Morgan fingerprint density at radius 2 is 2.21 bits per heavy atom. The van der Waals surface area contributed by atoms with Crippen LogP contribution in [0.25, 0.3) is 0 Å². The number of nitrogens with one attached hydrogen (secondary N) is 1. The van der Waals surface area contributed by atoms with Crippen molar-refractivity contribution in [2.45, 2.75) is 13.3 Å². The molecule has 1 fully saturated rings. The fraction of sp³-hybridized carbons (Fsp3) is 0.533. The fourth-order valence-electron chi connectivity index (χ4n) is 2.53. The Morgan fingerprint density at radius 1 is 1.42 bits per heavy atom. The number of benzene rings is 1. The molecule has 0 saturated carbocycles. The number of methoxy groups -OCH3 is 1. The van der Waals surface area contributed by atoms with Crippen LogP contribution >= 0.6 is 0 Å². The monoisotopic (exact) mass is 262 g/mol. The van der Waals surface area contributed by atoms with Gasteiger partial charge in [0.05, 0.1) is 18.4 Å². The molecule has 1 heterocycles. The Morgan fingerprint density at radius 3 is 3.00 bits per heavy atom. The summed E-state index contributed by atoms with van der Waals surface area (Å²) >= 11 is 0. The third-order valence-corrected chi connectivity index (χ3v) is 3.46. The molecule has 0 radical (unpaired) electrons. The first-order valence-electron chi connectivity index (χ1n) is 6.85. The predicted octanol–water partition coefficient (Wildman–Crippen LogP) is 1.91. The van der Waals surface area contributed by atoms with Gasteiger partial charge in [-0.25, -0.2) is 4.79 Å². The van der Waals surface area contributed by atoms with Crippen LogP contribution < -0.4 is 10.2 Å². The summed E-state index contributed by atoms with van der Waals surface area (Å²) in [6.07, 6.45) is 1.09. The van der Waals surface area contributed by atoms with Crippen molar-refractivity contribution in [3.8, 4) is 0 Å². The molecule has 0 spiro atoms. The zero-order chi connectivity index (χ0) is 13.7. The van der Waals surface area contributed by atoms with Gasteiger partial charge in [-0.05, 0) is 37.6 Å². The van der Waals surface area contributed by atoms with E-state index < -0.39 is 0 Å². The second kappa shape index (κ2) is 6.57. The Kier molecular flexibility index (Phi) is 4.80. The summed E-state index contributed by atoms with van der Waals surface area (Å²) < 4.78 is 4.87. The van der Waals surface area contributed by atoms with E-state index in [9.17, 15) is 4.79 Å². The van der Waals surface area contributed by atoms with Gasteiger partial charge in [-0.2, -0.15) is 0 Å². The van der Waals surface area contributed by atoms with E-state index in [1.54, 1.807) is 0 Å². The van der Waals surface area contributed by atoms with Gasteiger partial charge >= 0.3 is 5.97 Å². The molecule has 1 aromatic carbocycles. The fourth-order valence-corrected chi connectivity index (χ4v) is 2.53. The first-order chi connectivity index (χ1) is 9.22. The maximum atomic E-state index is 11.9. The van der Waals surface area contributed by atoms with Crippen LogP contribution in [-0.4, -0.2) is 39.3 Å². The van der Waals surface area contributed by atoms with E-state index in [1.165, 1.54) is 7.11 Å². The first-order valence-corrected chi connectivity index (χ1v) is 6.85. The molecule has 1 atom stereocenters. The molecule has 1 saturated heterocycles. The number of esters is 1. The molecule has 1 aliphatic heterocycles. The van der Waals surface area contributed by atoms with Crippen molar-refractivity contribution in [3.63, 3.8) is 0 Å². The third-order valence-electron chi connectivity index (χ3n) is 3.46. The molecular formula is C15H22N2O2. The molecule has 1 unspecified atom stereocenters. The molecular weight excluding hydrogens is 240 g/mol. The summed E-state index contributed by atoms with van der Waals surface area (Å²) in [4.78, 5) is 14.2. The quantitative estimate of drug-likeness (QED) is 0.827. The van der Waals surface area contributed by atoms with E-state index in [4.69, 9.17) is 4.74 Å². The predicted molar refractivity (Wildman–Crippen MR) is 76.6 cm³/mol. The van der Waals surface area contributed by atoms with Crippen LogP contribution in [0.4, 0.5) is 5.69 Å². The molecule has 1 aromatic rings. The Hall–Kier alpha value is -1.55. The Labute approximate surface area is 114 Å². The van der Waals surface area contributed by atoms with Crippen molar-refractivity contribution in [2.24, 2.45) is 5.92 Å². The number of hydrogen-bond acceptors (Lipinski definition) is 4. The van der Waals surface area contributed by atoms with E-state index in [2.05, 4.69) is 17.1 Å². The standard InChI is InChI=1S/C15H22N2O2/c1-12-10-16-8-5-9-17(11-12)14-7-4-3-6-13(14)15(18)19-2/h3-4,6-7,12,16H,5,8-11H2,1-2H3. The molecule has 2 rings (SSSR count). The van der Waals surface area contributed by atoms with E-state index >= 15 is 0 Å². The van der Waals surface area contributed by atoms with Crippen molar-refractivity contribution in [3.05, 3.63) is 29.8 Å². The Balaban J connectivity index is 2.25. The van der Waals surface area contributed by atoms with Crippen molar-refractivity contribution >= 4 is 11.7 Å². The van der Waals surface area contributed by atoms with Gasteiger partial charge in [-0.3, -0.25) is 0 Å². The van der Waals surface area contributed by atoms with Gasteiger partial charge in [-0.15, -0.1) is 0 Å². The average Bonchev–Trinajstić information content (AvgIpc) is 2.42. The molecule has 0 amide bonds. The topological polar surface area (TPSA) is 41.6 Å². The van der Waals surface area contributed by atoms with Gasteiger partial charge in [0.15, 0.2) is 0 Å². The minimum absolute atomic E-state index is 0.261. The minimum Gasteiger partial charge on any atom is -0.465 e. The zero-order valence-corrected chi connectivity index (χ0v) is 11.7. The lowest BCUT2D eigenvalue weighted by molar-refractivity contribution is 0.0601. The number of ether oxygens (including phenoxy) is 1. The molecule has 0 aromatic heterocycles. The van der Waals surface area contributed by atoms with Crippen molar-refractivity contribution < 1.29 is 9.53 Å². The normalized spacial score (nSPS) is 20.5. The van der Waals surface area contributed by atoms with Crippen LogP contribution in [0, 0.1) is 5.92 Å². The largest absolute Gasteiger partial charge is 0.465 e. The second-order valence-corrected chi connectivity index (χ2v) is 5.12. The smallest absolute Gasteiger partial charge is 0.339 e. The van der Waals surface area contributed by atoms with E-state index in [-0.39, 0.29) is 5.97 Å². The van der Waals surface area contributed by atoms with Gasteiger partial charge < -0.3 is 15.0 Å². The number of carbonyl (C=O) groups excluding carboxylic acids is 1. The van der Waals surface area contributed by atoms with Gasteiger partial charge in [0.1, 0.15) is 0 Å². The molecule has 1 aliphatic rings. The zero-order valence-electron chi connectivity index (χ0n) is 11.7. The number of rotatable bonds is 2. The van der Waals surface area contributed by atoms with Crippen molar-refractivity contribution in [2.75, 3.05) is 38.2 Å². The van der Waals surface area contributed by atoms with Crippen LogP contribution in [-0.2, 0) is 4.74 Å². The summed E-state index contributed by atoms with van der Waals surface area (Å²) in [7, 11) is 1.43. The molecule has 1 N–H and O–H groups in total. The second-order valence-electron chi connectivity index (χ2n) is 5.12. The summed E-state index contributed by atoms with van der Waals surface area (Å²) in [6.45, 7) is 6.20. The highest BCUT2D eigenvalue weighted by Crippen LogP contribution is 2.23. The minimum atomic E-state index is -0.261. The summed E-state index contributed by atoms with van der Waals surface area (Å²) in [5.74, 6) is 0.300. The number of nitrogens with zero attached hydrogens (tertiary/aromatic N) is 1. The molecule has 0 bridgehead atoms. The summed E-state index contributed by atoms with van der Waals surface area (Å²) in [5, 5.41) is 3.44. The number of para-hydroxylation sites is 1. The number of carbonyl (C=O) groups is 1. The van der Waals surface area contributed by atoms with Crippen LogP contribution in [0.5, 0.6) is 0 Å². The summed E-state index contributed by atoms with van der Waals surface area (Å²) in [5.41, 5.74) is 1.65. The van der Waals surface area contributed by atoms with Crippen LogP contribution in [0.2, 0.25) is 0 Å². The highest BCUT2D eigenvalue weighted by molar-refractivity contribution is 5.95. The maximum absolute atomic E-state index is 11.9. The number of anilines is 1. The van der Waals surface area contributed by atoms with Crippen LogP contribution in [0.3, 0.4) is 0 Å². The molecule has 4 nitrogen and oxygen atoms in total. The lowest BCUT2D eigenvalue weighted by atomic mass is 10.1.